The van der Waals surface area contributed by atoms with Gasteiger partial charge in [-0.15, -0.1) is 0 Å². The van der Waals surface area contributed by atoms with Crippen molar-refractivity contribution in [1.82, 2.24) is 4.90 Å². The van der Waals surface area contributed by atoms with Crippen LogP contribution in [-0.4, -0.2) is 41.5 Å². The first-order valence-electron chi connectivity index (χ1n) is 16.1. The number of nitrogen functional groups attached to an aromatic ring is 1. The molecule has 1 aliphatic rings. The summed E-state index contributed by atoms with van der Waals surface area (Å²) in [5.74, 6) is -0.232. The Balaban J connectivity index is 1.14. The fourth-order valence-corrected chi connectivity index (χ4v) is 5.68. The van der Waals surface area contributed by atoms with Gasteiger partial charge in [0.1, 0.15) is 0 Å². The molecule has 4 aromatic rings. The van der Waals surface area contributed by atoms with Crippen molar-refractivity contribution in [3.63, 3.8) is 0 Å². The first-order chi connectivity index (χ1) is 22.9. The molecule has 0 radical (unpaired) electrons. The number of benzene rings is 4. The Morgan fingerprint density at radius 1 is 0.787 bits per heavy atom. The molecule has 5 N–H and O–H groups in total. The van der Waals surface area contributed by atoms with Gasteiger partial charge in [-0.3, -0.25) is 14.5 Å². The number of anilines is 3. The number of rotatable bonds is 14. The van der Waals surface area contributed by atoms with E-state index in [0.29, 0.717) is 49.2 Å². The van der Waals surface area contributed by atoms with Crippen molar-refractivity contribution in [3.8, 4) is 0 Å². The van der Waals surface area contributed by atoms with Crippen molar-refractivity contribution in [1.29, 1.82) is 0 Å². The van der Waals surface area contributed by atoms with Crippen LogP contribution in [0.4, 0.5) is 17.1 Å². The zero-order valence-electron chi connectivity index (χ0n) is 26.8. The molecule has 1 fully saturated rings. The Labute approximate surface area is 276 Å². The third kappa shape index (κ3) is 10.2. The smallest absolute Gasteiger partial charge is 0.224 e. The molecular formula is C38H44N4O5. The minimum Gasteiger partial charge on any atom is -0.397 e. The number of nitrogens with two attached hydrogens (primary N) is 1. The van der Waals surface area contributed by atoms with Crippen molar-refractivity contribution >= 4 is 28.9 Å². The SMILES string of the molecule is CN(Cc1ccccc1)C[C@H]1C[C@@H](c2ccc(CO)cc2)O[C@@H](c2ccc(NC(=O)CCCCC(=O)Nc3ccccc3N)cc2)O1. The number of amides is 2. The van der Waals surface area contributed by atoms with E-state index in [9.17, 15) is 14.7 Å². The van der Waals surface area contributed by atoms with Gasteiger partial charge in [0.25, 0.3) is 0 Å². The van der Waals surface area contributed by atoms with E-state index >= 15 is 0 Å². The van der Waals surface area contributed by atoms with E-state index < -0.39 is 6.29 Å². The van der Waals surface area contributed by atoms with Crippen LogP contribution in [0.15, 0.2) is 103 Å². The lowest BCUT2D eigenvalue weighted by Crippen LogP contribution is -2.37. The van der Waals surface area contributed by atoms with E-state index in [1.54, 1.807) is 12.1 Å². The number of hydrogen-bond acceptors (Lipinski definition) is 7. The number of carbonyl (C=O) groups is 2. The van der Waals surface area contributed by atoms with Crippen LogP contribution in [0.2, 0.25) is 0 Å². The highest BCUT2D eigenvalue weighted by Gasteiger charge is 2.32. The second kappa shape index (κ2) is 16.9. The third-order valence-electron chi connectivity index (χ3n) is 8.18. The highest BCUT2D eigenvalue weighted by atomic mass is 16.7. The normalized spacial score (nSPS) is 17.7. The molecule has 0 saturated carbocycles. The molecule has 9 heteroatoms. The minimum absolute atomic E-state index is 0.00479. The summed E-state index contributed by atoms with van der Waals surface area (Å²) in [7, 11) is 2.10. The van der Waals surface area contributed by atoms with E-state index in [1.807, 2.05) is 78.9 Å². The first-order valence-corrected chi connectivity index (χ1v) is 16.1. The van der Waals surface area contributed by atoms with Gasteiger partial charge in [0.15, 0.2) is 6.29 Å². The van der Waals surface area contributed by atoms with E-state index in [4.69, 9.17) is 15.2 Å². The van der Waals surface area contributed by atoms with E-state index in [-0.39, 0.29) is 30.6 Å². The van der Waals surface area contributed by atoms with Crippen LogP contribution in [0, 0.1) is 0 Å². The molecule has 0 aliphatic carbocycles. The number of para-hydroxylation sites is 2. The van der Waals surface area contributed by atoms with Gasteiger partial charge in [-0.25, -0.2) is 0 Å². The average Bonchev–Trinajstić information content (AvgIpc) is 3.08. The van der Waals surface area contributed by atoms with Gasteiger partial charge in [0.05, 0.1) is 30.2 Å². The highest BCUT2D eigenvalue weighted by Crippen LogP contribution is 2.38. The van der Waals surface area contributed by atoms with Crippen LogP contribution in [0.1, 0.15) is 66.8 Å². The number of carbonyl (C=O) groups excluding carboxylic acids is 2. The Morgan fingerprint density at radius 2 is 1.43 bits per heavy atom. The number of likely N-dealkylation sites (N-methyl/N-ethyl adjacent to an activating group) is 1. The van der Waals surface area contributed by atoms with Crippen LogP contribution >= 0.6 is 0 Å². The Kier molecular flexibility index (Phi) is 12.1. The summed E-state index contributed by atoms with van der Waals surface area (Å²) in [6.45, 7) is 1.54. The predicted molar refractivity (Wildman–Crippen MR) is 184 cm³/mol. The zero-order chi connectivity index (χ0) is 33.0. The quantitative estimate of drug-likeness (QED) is 0.0911. The summed E-state index contributed by atoms with van der Waals surface area (Å²) in [5, 5.41) is 15.3. The summed E-state index contributed by atoms with van der Waals surface area (Å²) in [6, 6.07) is 32.9. The van der Waals surface area contributed by atoms with Crippen LogP contribution in [0.3, 0.4) is 0 Å². The summed E-state index contributed by atoms with van der Waals surface area (Å²) >= 11 is 0. The lowest BCUT2D eigenvalue weighted by molar-refractivity contribution is -0.252. The van der Waals surface area contributed by atoms with Gasteiger partial charge in [-0.05, 0) is 60.8 Å². The molecule has 4 aromatic carbocycles. The predicted octanol–water partition coefficient (Wildman–Crippen LogP) is 6.58. The molecule has 3 atom stereocenters. The van der Waals surface area contributed by atoms with Crippen molar-refractivity contribution in [2.75, 3.05) is 30.0 Å². The molecule has 0 aromatic heterocycles. The zero-order valence-corrected chi connectivity index (χ0v) is 26.8. The number of aliphatic hydroxyl groups is 1. The fraction of sp³-hybridized carbons (Fsp3) is 0.316. The average molecular weight is 637 g/mol. The van der Waals surface area contributed by atoms with Crippen LogP contribution in [-0.2, 0) is 32.2 Å². The van der Waals surface area contributed by atoms with Crippen LogP contribution < -0.4 is 16.4 Å². The van der Waals surface area contributed by atoms with Crippen LogP contribution in [0.5, 0.6) is 0 Å². The van der Waals surface area contributed by atoms with Crippen molar-refractivity contribution in [3.05, 3.63) is 125 Å². The fourth-order valence-electron chi connectivity index (χ4n) is 5.68. The molecule has 1 aliphatic heterocycles. The molecule has 246 valence electrons. The monoisotopic (exact) mass is 636 g/mol. The summed E-state index contributed by atoms with van der Waals surface area (Å²) in [5.41, 5.74) is 11.7. The lowest BCUT2D eigenvalue weighted by Gasteiger charge is -2.38. The lowest BCUT2D eigenvalue weighted by atomic mass is 9.99. The molecule has 47 heavy (non-hydrogen) atoms. The number of nitrogens with one attached hydrogen (secondary N) is 2. The van der Waals surface area contributed by atoms with Gasteiger partial charge in [0, 0.05) is 43.6 Å². The molecule has 5 rings (SSSR count). The highest BCUT2D eigenvalue weighted by molar-refractivity contribution is 5.94. The molecule has 0 unspecified atom stereocenters. The van der Waals surface area contributed by atoms with Gasteiger partial charge >= 0.3 is 0 Å². The first kappa shape index (κ1) is 33.8. The molecule has 2 amide bonds. The summed E-state index contributed by atoms with van der Waals surface area (Å²) < 4.78 is 13.0. The van der Waals surface area contributed by atoms with Gasteiger partial charge < -0.3 is 30.9 Å². The van der Waals surface area contributed by atoms with Crippen molar-refractivity contribution < 1.29 is 24.2 Å². The van der Waals surface area contributed by atoms with Crippen LogP contribution in [0.25, 0.3) is 0 Å². The molecule has 0 spiro atoms. The number of nitrogens with zero attached hydrogens (tertiary/aromatic N) is 1. The topological polar surface area (TPSA) is 126 Å². The number of hydrogen-bond donors (Lipinski definition) is 4. The van der Waals surface area contributed by atoms with Gasteiger partial charge in [-0.2, -0.15) is 0 Å². The molecule has 0 bridgehead atoms. The standard InChI is InChI=1S/C38H44N4O5/c1-42(24-27-9-3-2-4-10-27)25-32-23-35(29-17-15-28(26-43)16-18-29)47-38(46-32)30-19-21-31(22-20-30)40-36(44)13-7-8-14-37(45)41-34-12-6-5-11-33(34)39/h2-6,9-12,15-22,32,35,38,43H,7-8,13-14,23-26,39H2,1H3,(H,40,44)(H,41,45)/t32-,35+,38+/m1/s1. The summed E-state index contributed by atoms with van der Waals surface area (Å²) in [4.78, 5) is 27.1. The van der Waals surface area contributed by atoms with Gasteiger partial charge in [0.2, 0.25) is 11.8 Å². The van der Waals surface area contributed by atoms with E-state index in [0.717, 1.165) is 29.8 Å². The third-order valence-corrected chi connectivity index (χ3v) is 8.18. The number of aliphatic hydroxyl groups excluding tert-OH is 1. The number of ether oxygens (including phenoxy) is 2. The largest absolute Gasteiger partial charge is 0.397 e. The van der Waals surface area contributed by atoms with Crippen molar-refractivity contribution in [2.45, 2.75) is 63.8 Å². The Morgan fingerprint density at radius 3 is 2.11 bits per heavy atom. The Bertz CT molecular complexity index is 1580. The van der Waals surface area contributed by atoms with E-state index in [1.165, 1.54) is 5.56 Å². The molecule has 9 nitrogen and oxygen atoms in total. The Hall–Kier alpha value is -4.54. The maximum absolute atomic E-state index is 12.6. The van der Waals surface area contributed by atoms with Crippen molar-refractivity contribution in [2.24, 2.45) is 0 Å². The molecule has 1 saturated heterocycles. The maximum Gasteiger partial charge on any atom is 0.224 e. The van der Waals surface area contributed by atoms with E-state index in [2.05, 4.69) is 34.7 Å². The maximum atomic E-state index is 12.6. The second-order valence-corrected chi connectivity index (χ2v) is 12.0. The molecule has 1 heterocycles. The molecular weight excluding hydrogens is 592 g/mol. The van der Waals surface area contributed by atoms with Gasteiger partial charge in [-0.1, -0.05) is 78.9 Å². The minimum atomic E-state index is -0.580. The number of unbranched alkanes of at least 4 members (excludes halogenated alkanes) is 1. The summed E-state index contributed by atoms with van der Waals surface area (Å²) in [6.07, 6.45) is 1.67. The second-order valence-electron chi connectivity index (χ2n) is 12.0.